The van der Waals surface area contributed by atoms with Gasteiger partial charge in [-0.15, -0.1) is 0 Å². The van der Waals surface area contributed by atoms with E-state index in [1.54, 1.807) is 33.1 Å². The number of halogens is 1. The van der Waals surface area contributed by atoms with E-state index in [-0.39, 0.29) is 17.1 Å². The minimum absolute atomic E-state index is 0.0206. The maximum absolute atomic E-state index is 13.8. The summed E-state index contributed by atoms with van der Waals surface area (Å²) in [6.07, 6.45) is 4.62. The van der Waals surface area contributed by atoms with E-state index in [0.717, 1.165) is 43.4 Å². The van der Waals surface area contributed by atoms with Gasteiger partial charge in [-0.2, -0.15) is 0 Å². The number of carbonyl (C=O) groups is 1. The Hall–Kier alpha value is -3.26. The number of aryl methyl sites for hydroxylation is 1. The van der Waals surface area contributed by atoms with Crippen LogP contribution in [-0.4, -0.2) is 54.6 Å². The van der Waals surface area contributed by atoms with Crippen LogP contribution in [0.1, 0.15) is 45.6 Å². The summed E-state index contributed by atoms with van der Waals surface area (Å²) >= 11 is 0. The van der Waals surface area contributed by atoms with Crippen LogP contribution >= 0.6 is 0 Å². The first-order valence-electron chi connectivity index (χ1n) is 13.0. The zero-order valence-electron chi connectivity index (χ0n) is 22.8. The molecule has 4 rings (SSSR count). The smallest absolute Gasteiger partial charge is 0.223 e. The maximum atomic E-state index is 13.8. The molecule has 1 atom stereocenters. The lowest BCUT2D eigenvalue weighted by molar-refractivity contribution is -0.117. The van der Waals surface area contributed by atoms with Crippen molar-refractivity contribution in [2.45, 2.75) is 47.0 Å². The van der Waals surface area contributed by atoms with Crippen LogP contribution in [-0.2, 0) is 4.79 Å². The molecular formula is C29H38FN5O2. The van der Waals surface area contributed by atoms with Crippen molar-refractivity contribution in [2.75, 3.05) is 44.0 Å². The Morgan fingerprint density at radius 3 is 2.59 bits per heavy atom. The number of fused-ring (bicyclic) bond motifs is 1. The molecule has 2 aromatic carbocycles. The maximum Gasteiger partial charge on any atom is 0.223 e. The first-order valence-corrected chi connectivity index (χ1v) is 13.0. The minimum Gasteiger partial charge on any atom is -0.494 e. The normalized spacial score (nSPS) is 16.4. The van der Waals surface area contributed by atoms with Crippen molar-refractivity contribution >= 4 is 34.0 Å². The van der Waals surface area contributed by atoms with Gasteiger partial charge >= 0.3 is 0 Å². The summed E-state index contributed by atoms with van der Waals surface area (Å²) in [5.74, 6) is 1.36. The summed E-state index contributed by atoms with van der Waals surface area (Å²) in [6.45, 7) is 10.5. The van der Waals surface area contributed by atoms with Crippen molar-refractivity contribution in [1.29, 1.82) is 0 Å². The molecular weight excluding hydrogens is 469 g/mol. The number of rotatable bonds is 8. The van der Waals surface area contributed by atoms with Crippen molar-refractivity contribution in [2.24, 2.45) is 11.3 Å². The second kappa shape index (κ2) is 11.0. The van der Waals surface area contributed by atoms with Gasteiger partial charge in [-0.3, -0.25) is 4.79 Å². The Kier molecular flexibility index (Phi) is 7.97. The summed E-state index contributed by atoms with van der Waals surface area (Å²) in [6, 6.07) is 8.65. The van der Waals surface area contributed by atoms with Crippen LogP contribution in [0.4, 0.5) is 21.6 Å². The third-order valence-corrected chi connectivity index (χ3v) is 8.14. The molecule has 0 radical (unpaired) electrons. The molecule has 1 unspecified atom stereocenters. The van der Waals surface area contributed by atoms with E-state index in [9.17, 15) is 9.18 Å². The molecule has 3 aromatic rings. The Morgan fingerprint density at radius 2 is 1.97 bits per heavy atom. The summed E-state index contributed by atoms with van der Waals surface area (Å²) in [5.41, 5.74) is 2.68. The van der Waals surface area contributed by atoms with E-state index in [1.165, 1.54) is 12.4 Å². The van der Waals surface area contributed by atoms with Gasteiger partial charge in [0.15, 0.2) is 0 Å². The molecule has 1 fully saturated rings. The summed E-state index contributed by atoms with van der Waals surface area (Å²) < 4.78 is 19.6. The lowest BCUT2D eigenvalue weighted by Gasteiger charge is -2.47. The Labute approximate surface area is 219 Å². The number of nitrogens with zero attached hydrogens (tertiary/aromatic N) is 4. The Balaban J connectivity index is 1.78. The third kappa shape index (κ3) is 5.54. The molecule has 8 heteroatoms. The van der Waals surface area contributed by atoms with E-state index in [4.69, 9.17) is 4.74 Å². The fourth-order valence-corrected chi connectivity index (χ4v) is 5.39. The van der Waals surface area contributed by atoms with Crippen molar-refractivity contribution in [3.8, 4) is 5.75 Å². The highest BCUT2D eigenvalue weighted by molar-refractivity contribution is 6.00. The van der Waals surface area contributed by atoms with Crippen molar-refractivity contribution in [3.63, 3.8) is 0 Å². The van der Waals surface area contributed by atoms with E-state index in [1.807, 2.05) is 17.0 Å². The third-order valence-electron chi connectivity index (χ3n) is 8.14. The van der Waals surface area contributed by atoms with Crippen LogP contribution in [0.3, 0.4) is 0 Å². The van der Waals surface area contributed by atoms with Crippen LogP contribution < -0.4 is 15.0 Å². The van der Waals surface area contributed by atoms with Crippen LogP contribution in [0.2, 0.25) is 0 Å². The number of nitrogens with one attached hydrogen (secondary N) is 1. The molecule has 2 heterocycles. The fraction of sp³-hybridized carbons (Fsp3) is 0.483. The molecule has 198 valence electrons. The number of aromatic nitrogens is 2. The van der Waals surface area contributed by atoms with Gasteiger partial charge in [-0.05, 0) is 81.1 Å². The lowest BCUT2D eigenvalue weighted by atomic mass is 9.68. The average Bonchev–Trinajstić information content (AvgIpc) is 2.89. The summed E-state index contributed by atoms with van der Waals surface area (Å²) in [7, 11) is 3.78. The summed E-state index contributed by atoms with van der Waals surface area (Å²) in [4.78, 5) is 26.3. The highest BCUT2D eigenvalue weighted by Crippen LogP contribution is 2.44. The number of anilines is 3. The number of ether oxygens (including phenoxy) is 1. The second-order valence-corrected chi connectivity index (χ2v) is 10.4. The molecule has 1 aliphatic heterocycles. The standard InChI is InChI=1S/C29H38FN5O2/c1-7-20(3)29(10-12-34(5)13-11-29)17-35(21(4)36)26-15-23-25(16-27(26)37-6)31-18-32-28(23)33-22-8-9-24(30)19(2)14-22/h8-9,14-16,18,20H,7,10-13,17H2,1-6H3,(H,31,32,33). The van der Waals surface area contributed by atoms with Gasteiger partial charge in [0.2, 0.25) is 5.91 Å². The predicted molar refractivity (Wildman–Crippen MR) is 147 cm³/mol. The minimum atomic E-state index is -0.258. The molecule has 0 bridgehead atoms. The van der Waals surface area contributed by atoms with Crippen molar-refractivity contribution in [1.82, 2.24) is 14.9 Å². The molecule has 7 nitrogen and oxygen atoms in total. The van der Waals surface area contributed by atoms with Crippen LogP contribution in [0.25, 0.3) is 10.9 Å². The molecule has 0 aliphatic carbocycles. The molecule has 0 spiro atoms. The number of hydrogen-bond donors (Lipinski definition) is 1. The number of piperidine rings is 1. The number of carbonyl (C=O) groups excluding carboxylic acids is 1. The van der Waals surface area contributed by atoms with Crippen LogP contribution in [0.15, 0.2) is 36.7 Å². The molecule has 1 N–H and O–H groups in total. The molecule has 1 aliphatic rings. The quantitative estimate of drug-likeness (QED) is 0.407. The molecule has 1 amide bonds. The first-order chi connectivity index (χ1) is 17.7. The second-order valence-electron chi connectivity index (χ2n) is 10.4. The van der Waals surface area contributed by atoms with E-state index < -0.39 is 0 Å². The number of methoxy groups -OCH3 is 1. The fourth-order valence-electron chi connectivity index (χ4n) is 5.39. The largest absolute Gasteiger partial charge is 0.494 e. The van der Waals surface area contributed by atoms with E-state index >= 15 is 0 Å². The molecule has 37 heavy (non-hydrogen) atoms. The number of benzene rings is 2. The van der Waals surface area contributed by atoms with E-state index in [2.05, 4.69) is 41.1 Å². The zero-order valence-corrected chi connectivity index (χ0v) is 22.8. The van der Waals surface area contributed by atoms with Crippen LogP contribution in [0, 0.1) is 24.1 Å². The van der Waals surface area contributed by atoms with Gasteiger partial charge in [-0.25, -0.2) is 14.4 Å². The average molecular weight is 508 g/mol. The number of hydrogen-bond acceptors (Lipinski definition) is 6. The zero-order chi connectivity index (χ0) is 26.7. The monoisotopic (exact) mass is 507 g/mol. The van der Waals surface area contributed by atoms with Crippen molar-refractivity contribution in [3.05, 3.63) is 48.0 Å². The van der Waals surface area contributed by atoms with Crippen molar-refractivity contribution < 1.29 is 13.9 Å². The molecule has 1 saturated heterocycles. The summed E-state index contributed by atoms with van der Waals surface area (Å²) in [5, 5.41) is 4.06. The highest BCUT2D eigenvalue weighted by Gasteiger charge is 2.40. The van der Waals surface area contributed by atoms with Gasteiger partial charge in [0, 0.05) is 30.6 Å². The Morgan fingerprint density at radius 1 is 1.24 bits per heavy atom. The molecule has 1 aromatic heterocycles. The lowest BCUT2D eigenvalue weighted by Crippen LogP contribution is -2.49. The SMILES string of the molecule is CCC(C)C1(CN(C(C)=O)c2cc3c(Nc4ccc(F)c(C)c4)ncnc3cc2OC)CCN(C)CC1. The van der Waals surface area contributed by atoms with Gasteiger partial charge in [0.1, 0.15) is 23.7 Å². The van der Waals surface area contributed by atoms with Crippen LogP contribution in [0.5, 0.6) is 5.75 Å². The van der Waals surface area contributed by atoms with Gasteiger partial charge in [0.05, 0.1) is 18.3 Å². The number of likely N-dealkylation sites (tertiary alicyclic amines) is 1. The topological polar surface area (TPSA) is 70.6 Å². The number of amides is 1. The predicted octanol–water partition coefficient (Wildman–Crippen LogP) is 5.94. The van der Waals surface area contributed by atoms with Gasteiger partial charge in [0.25, 0.3) is 0 Å². The molecule has 0 saturated carbocycles. The Bertz CT molecular complexity index is 1270. The highest BCUT2D eigenvalue weighted by atomic mass is 19.1. The van der Waals surface area contributed by atoms with Gasteiger partial charge in [-0.1, -0.05) is 20.3 Å². The van der Waals surface area contributed by atoms with Gasteiger partial charge < -0.3 is 19.9 Å². The van der Waals surface area contributed by atoms with E-state index in [0.29, 0.717) is 40.8 Å². The first kappa shape index (κ1) is 26.8.